The number of piperazine rings is 1. The van der Waals surface area contributed by atoms with Crippen LogP contribution in [-0.2, 0) is 14.6 Å². The van der Waals surface area contributed by atoms with Crippen molar-refractivity contribution in [2.45, 2.75) is 31.3 Å². The minimum Gasteiger partial charge on any atom is -0.491 e. The maximum atomic E-state index is 12.4. The van der Waals surface area contributed by atoms with Crippen molar-refractivity contribution in [2.75, 3.05) is 39.0 Å². The number of ether oxygens (including phenoxy) is 1. The molecule has 0 bridgehead atoms. The van der Waals surface area contributed by atoms with Crippen LogP contribution in [0.1, 0.15) is 20.3 Å². The topological polar surface area (TPSA) is 66.9 Å². The lowest BCUT2D eigenvalue weighted by Crippen LogP contribution is -2.47. The highest BCUT2D eigenvalue weighted by atomic mass is 32.2. The van der Waals surface area contributed by atoms with Gasteiger partial charge in [-0.2, -0.15) is 0 Å². The van der Waals surface area contributed by atoms with Crippen molar-refractivity contribution in [2.24, 2.45) is 0 Å². The lowest BCUT2D eigenvalue weighted by Gasteiger charge is -2.32. The van der Waals surface area contributed by atoms with Gasteiger partial charge in [0.05, 0.1) is 16.8 Å². The Hall–Kier alpha value is -1.60. The predicted octanol–water partition coefficient (Wildman–Crippen LogP) is 1.41. The van der Waals surface area contributed by atoms with E-state index in [1.165, 1.54) is 12.1 Å². The fourth-order valence-corrected chi connectivity index (χ4v) is 3.78. The summed E-state index contributed by atoms with van der Waals surface area (Å²) in [5, 5.41) is 0. The molecule has 1 saturated heterocycles. The van der Waals surface area contributed by atoms with E-state index in [0.29, 0.717) is 18.8 Å². The highest BCUT2D eigenvalue weighted by Crippen LogP contribution is 2.19. The molecule has 1 aliphatic rings. The quantitative estimate of drug-likeness (QED) is 0.773. The average Bonchev–Trinajstić information content (AvgIpc) is 2.53. The summed E-state index contributed by atoms with van der Waals surface area (Å²) in [6, 6.07) is 6.37. The van der Waals surface area contributed by atoms with Gasteiger partial charge in [-0.05, 0) is 45.2 Å². The zero-order valence-corrected chi connectivity index (χ0v) is 15.4. The van der Waals surface area contributed by atoms with Crippen molar-refractivity contribution in [1.82, 2.24) is 9.80 Å². The summed E-state index contributed by atoms with van der Waals surface area (Å²) < 4.78 is 30.3. The minimum absolute atomic E-state index is 0.0241. The predicted molar refractivity (Wildman–Crippen MR) is 93.0 cm³/mol. The number of carbonyl (C=O) groups is 1. The lowest BCUT2D eigenvalue weighted by molar-refractivity contribution is -0.132. The van der Waals surface area contributed by atoms with Crippen LogP contribution < -0.4 is 4.74 Å². The van der Waals surface area contributed by atoms with Crippen molar-refractivity contribution in [3.63, 3.8) is 0 Å². The second kappa shape index (κ2) is 7.98. The number of hydrogen-bond donors (Lipinski definition) is 0. The van der Waals surface area contributed by atoms with Crippen LogP contribution in [0.2, 0.25) is 0 Å². The Kier molecular flexibility index (Phi) is 6.23. The molecule has 1 amide bonds. The minimum atomic E-state index is -3.46. The number of benzene rings is 1. The highest BCUT2D eigenvalue weighted by molar-refractivity contribution is 7.91. The Morgan fingerprint density at radius 3 is 2.25 bits per heavy atom. The van der Waals surface area contributed by atoms with Gasteiger partial charge in [0.2, 0.25) is 5.91 Å². The van der Waals surface area contributed by atoms with Crippen molar-refractivity contribution in [3.05, 3.63) is 24.3 Å². The molecule has 0 aliphatic carbocycles. The zero-order chi connectivity index (χ0) is 17.7. The molecule has 1 aromatic rings. The first-order valence-electron chi connectivity index (χ1n) is 8.24. The van der Waals surface area contributed by atoms with Crippen molar-refractivity contribution in [1.29, 1.82) is 0 Å². The molecule has 6 nitrogen and oxygen atoms in total. The van der Waals surface area contributed by atoms with E-state index in [1.54, 1.807) is 17.0 Å². The van der Waals surface area contributed by atoms with E-state index < -0.39 is 9.84 Å². The number of likely N-dealkylation sites (N-methyl/N-ethyl adjacent to an activating group) is 1. The maximum Gasteiger partial charge on any atom is 0.223 e. The molecule has 0 aromatic heterocycles. The Balaban J connectivity index is 1.92. The van der Waals surface area contributed by atoms with E-state index in [1.807, 2.05) is 20.9 Å². The number of hydrogen-bond acceptors (Lipinski definition) is 5. The SMILES string of the molecule is CC(C)Oc1ccc(S(=O)(=O)CCC(=O)N2CCN(C)CC2)cc1. The van der Waals surface area contributed by atoms with Gasteiger partial charge in [-0.3, -0.25) is 4.79 Å². The van der Waals surface area contributed by atoms with Crippen LogP contribution in [0, 0.1) is 0 Å². The zero-order valence-electron chi connectivity index (χ0n) is 14.6. The standard InChI is InChI=1S/C17H26N2O4S/c1-14(2)23-15-4-6-16(7-5-15)24(21,22)13-8-17(20)19-11-9-18(3)10-12-19/h4-7,14H,8-13H2,1-3H3. The van der Waals surface area contributed by atoms with Gasteiger partial charge < -0.3 is 14.5 Å². The van der Waals surface area contributed by atoms with Crippen molar-refractivity contribution < 1.29 is 17.9 Å². The summed E-state index contributed by atoms with van der Waals surface area (Å²) in [7, 11) is -1.45. The third-order valence-electron chi connectivity index (χ3n) is 4.00. The summed E-state index contributed by atoms with van der Waals surface area (Å²) in [5.41, 5.74) is 0. The molecule has 7 heteroatoms. The van der Waals surface area contributed by atoms with Crippen LogP contribution in [0.15, 0.2) is 29.2 Å². The van der Waals surface area contributed by atoms with Gasteiger partial charge in [-0.25, -0.2) is 8.42 Å². The fraction of sp³-hybridized carbons (Fsp3) is 0.588. The van der Waals surface area contributed by atoms with E-state index in [9.17, 15) is 13.2 Å². The van der Waals surface area contributed by atoms with Gasteiger partial charge >= 0.3 is 0 Å². The van der Waals surface area contributed by atoms with Gasteiger partial charge in [-0.1, -0.05) is 0 Å². The summed E-state index contributed by atoms with van der Waals surface area (Å²) >= 11 is 0. The fourth-order valence-electron chi connectivity index (χ4n) is 2.55. The smallest absolute Gasteiger partial charge is 0.223 e. The van der Waals surface area contributed by atoms with Gasteiger partial charge in [0.1, 0.15) is 5.75 Å². The Bertz CT molecular complexity index is 648. The normalized spacial score (nSPS) is 16.4. The summed E-state index contributed by atoms with van der Waals surface area (Å²) in [6.45, 7) is 6.81. The number of amides is 1. The summed E-state index contributed by atoms with van der Waals surface area (Å²) in [5.74, 6) is 0.381. The van der Waals surface area contributed by atoms with Crippen LogP contribution in [0.5, 0.6) is 5.75 Å². The maximum absolute atomic E-state index is 12.4. The molecule has 24 heavy (non-hydrogen) atoms. The van der Waals surface area contributed by atoms with Crippen molar-refractivity contribution >= 4 is 15.7 Å². The van der Waals surface area contributed by atoms with E-state index in [0.717, 1.165) is 13.1 Å². The molecule has 134 valence electrons. The third-order valence-corrected chi connectivity index (χ3v) is 5.73. The molecule has 0 radical (unpaired) electrons. The van der Waals surface area contributed by atoms with Crippen LogP contribution in [0.3, 0.4) is 0 Å². The van der Waals surface area contributed by atoms with Crippen LogP contribution in [0.4, 0.5) is 0 Å². The molecule has 0 spiro atoms. The van der Waals surface area contributed by atoms with E-state index in [4.69, 9.17) is 4.74 Å². The van der Waals surface area contributed by atoms with Gasteiger partial charge in [0, 0.05) is 32.6 Å². The second-order valence-corrected chi connectivity index (χ2v) is 8.50. The van der Waals surface area contributed by atoms with E-state index in [2.05, 4.69) is 4.90 Å². The molecule has 1 fully saturated rings. The molecular formula is C17H26N2O4S. The Morgan fingerprint density at radius 2 is 1.71 bits per heavy atom. The molecular weight excluding hydrogens is 328 g/mol. The number of carbonyl (C=O) groups excluding carboxylic acids is 1. The van der Waals surface area contributed by atoms with E-state index in [-0.39, 0.29) is 29.1 Å². The highest BCUT2D eigenvalue weighted by Gasteiger charge is 2.22. The molecule has 2 rings (SSSR count). The number of rotatable bonds is 6. The average molecular weight is 354 g/mol. The molecule has 0 N–H and O–H groups in total. The van der Waals surface area contributed by atoms with E-state index >= 15 is 0 Å². The summed E-state index contributed by atoms with van der Waals surface area (Å²) in [6.07, 6.45) is 0.0599. The number of nitrogens with zero attached hydrogens (tertiary/aromatic N) is 2. The van der Waals surface area contributed by atoms with Gasteiger partial charge in [-0.15, -0.1) is 0 Å². The van der Waals surface area contributed by atoms with Gasteiger partial charge in [0.15, 0.2) is 9.84 Å². The Morgan fingerprint density at radius 1 is 1.12 bits per heavy atom. The van der Waals surface area contributed by atoms with Crippen LogP contribution in [0.25, 0.3) is 0 Å². The Labute approximate surface area is 144 Å². The third kappa shape index (κ3) is 5.21. The lowest BCUT2D eigenvalue weighted by atomic mass is 10.3. The molecule has 0 saturated carbocycles. The molecule has 0 atom stereocenters. The second-order valence-electron chi connectivity index (χ2n) is 6.39. The van der Waals surface area contributed by atoms with Crippen molar-refractivity contribution in [3.8, 4) is 5.75 Å². The first-order valence-corrected chi connectivity index (χ1v) is 9.89. The summed E-state index contributed by atoms with van der Waals surface area (Å²) in [4.78, 5) is 16.3. The largest absolute Gasteiger partial charge is 0.491 e. The first-order chi connectivity index (χ1) is 11.3. The molecule has 1 heterocycles. The first kappa shape index (κ1) is 18.7. The monoisotopic (exact) mass is 354 g/mol. The molecule has 1 aliphatic heterocycles. The number of sulfone groups is 1. The molecule has 1 aromatic carbocycles. The van der Waals surface area contributed by atoms with Crippen LogP contribution in [-0.4, -0.2) is 69.2 Å². The van der Waals surface area contributed by atoms with Crippen LogP contribution >= 0.6 is 0 Å². The van der Waals surface area contributed by atoms with Gasteiger partial charge in [0.25, 0.3) is 0 Å². The molecule has 0 unspecified atom stereocenters.